The topological polar surface area (TPSA) is 78.0 Å². The number of benzene rings is 3. The van der Waals surface area contributed by atoms with Gasteiger partial charge in [-0.1, -0.05) is 28.1 Å². The number of furan rings is 1. The second-order valence-electron chi connectivity index (χ2n) is 9.01. The maximum absolute atomic E-state index is 12.6. The van der Waals surface area contributed by atoms with Gasteiger partial charge in [0.15, 0.2) is 5.76 Å². The lowest BCUT2D eigenvalue weighted by Crippen LogP contribution is -2.16. The standard InChI is InChI=1S/C31H28BrN3O4/c1-4-37-28-13-14-29-23(16-28)17-30(39-29)31(36)34-33-18-24-15-20(2)35(21(24)3)26-9-11-27(12-10-26)38-19-22-5-7-25(32)8-6-22/h5-18H,4,19H2,1-3H3,(H,34,36)/b33-18+. The van der Waals surface area contributed by atoms with Crippen molar-refractivity contribution in [3.8, 4) is 17.2 Å². The molecule has 198 valence electrons. The number of hydrogen-bond acceptors (Lipinski definition) is 5. The molecule has 2 aromatic heterocycles. The number of hydrazone groups is 1. The van der Waals surface area contributed by atoms with Crippen LogP contribution in [0.3, 0.4) is 0 Å². The number of aryl methyl sites for hydroxylation is 1. The Bertz CT molecular complexity index is 1630. The number of ether oxygens (including phenoxy) is 2. The Morgan fingerprint density at radius 1 is 0.974 bits per heavy atom. The van der Waals surface area contributed by atoms with E-state index in [-0.39, 0.29) is 5.76 Å². The average Bonchev–Trinajstić information content (AvgIpc) is 3.48. The highest BCUT2D eigenvalue weighted by atomic mass is 79.9. The third-order valence-corrected chi connectivity index (χ3v) is 6.80. The average molecular weight is 586 g/mol. The van der Waals surface area contributed by atoms with Gasteiger partial charge < -0.3 is 18.5 Å². The molecule has 0 aliphatic rings. The first-order valence-electron chi connectivity index (χ1n) is 12.6. The second kappa shape index (κ2) is 11.6. The van der Waals surface area contributed by atoms with Crippen LogP contribution in [0.15, 0.2) is 92.9 Å². The molecular formula is C31H28BrN3O4. The molecule has 0 bridgehead atoms. The minimum Gasteiger partial charge on any atom is -0.494 e. The van der Waals surface area contributed by atoms with Gasteiger partial charge in [0.25, 0.3) is 0 Å². The van der Waals surface area contributed by atoms with Crippen molar-refractivity contribution >= 4 is 39.0 Å². The molecule has 8 heteroatoms. The Hall–Kier alpha value is -4.30. The molecule has 39 heavy (non-hydrogen) atoms. The summed E-state index contributed by atoms with van der Waals surface area (Å²) in [5.41, 5.74) is 8.23. The molecule has 5 rings (SSSR count). The minimum absolute atomic E-state index is 0.184. The lowest BCUT2D eigenvalue weighted by Gasteiger charge is -2.11. The lowest BCUT2D eigenvalue weighted by atomic mass is 10.2. The molecule has 2 heterocycles. The van der Waals surface area contributed by atoms with E-state index in [1.807, 2.05) is 87.5 Å². The summed E-state index contributed by atoms with van der Waals surface area (Å²) in [5, 5.41) is 4.97. The predicted molar refractivity (Wildman–Crippen MR) is 156 cm³/mol. The van der Waals surface area contributed by atoms with Gasteiger partial charge in [-0.15, -0.1) is 0 Å². The third kappa shape index (κ3) is 6.07. The Morgan fingerprint density at radius 3 is 2.46 bits per heavy atom. The van der Waals surface area contributed by atoms with Crippen molar-refractivity contribution in [1.29, 1.82) is 0 Å². The van der Waals surface area contributed by atoms with E-state index in [4.69, 9.17) is 13.9 Å². The number of halogens is 1. The molecule has 1 amide bonds. The van der Waals surface area contributed by atoms with Gasteiger partial charge >= 0.3 is 5.91 Å². The fraction of sp³-hybridized carbons (Fsp3) is 0.161. The van der Waals surface area contributed by atoms with Crippen molar-refractivity contribution in [3.63, 3.8) is 0 Å². The van der Waals surface area contributed by atoms with Crippen LogP contribution in [-0.2, 0) is 6.61 Å². The Kier molecular flexibility index (Phi) is 7.84. The van der Waals surface area contributed by atoms with Gasteiger partial charge in [0.2, 0.25) is 0 Å². The zero-order chi connectivity index (χ0) is 27.4. The van der Waals surface area contributed by atoms with Crippen LogP contribution in [0.25, 0.3) is 16.7 Å². The van der Waals surface area contributed by atoms with Crippen LogP contribution >= 0.6 is 15.9 Å². The monoisotopic (exact) mass is 585 g/mol. The van der Waals surface area contributed by atoms with Crippen molar-refractivity contribution in [3.05, 3.63) is 112 Å². The van der Waals surface area contributed by atoms with Crippen LogP contribution in [0.2, 0.25) is 0 Å². The smallest absolute Gasteiger partial charge is 0.307 e. The van der Waals surface area contributed by atoms with Gasteiger partial charge in [0.05, 0.1) is 12.8 Å². The molecular weight excluding hydrogens is 558 g/mol. The number of nitrogens with zero attached hydrogens (tertiary/aromatic N) is 2. The number of carbonyl (C=O) groups excluding carboxylic acids is 1. The van der Waals surface area contributed by atoms with Crippen molar-refractivity contribution in [2.24, 2.45) is 5.10 Å². The molecule has 0 spiro atoms. The van der Waals surface area contributed by atoms with Gasteiger partial charge in [-0.25, -0.2) is 5.43 Å². The fourth-order valence-corrected chi connectivity index (χ4v) is 4.62. The van der Waals surface area contributed by atoms with Crippen LogP contribution in [0, 0.1) is 13.8 Å². The van der Waals surface area contributed by atoms with E-state index < -0.39 is 5.91 Å². The Labute approximate surface area is 235 Å². The summed E-state index contributed by atoms with van der Waals surface area (Å²) in [6.45, 7) is 7.04. The predicted octanol–water partition coefficient (Wildman–Crippen LogP) is 7.34. The SMILES string of the molecule is CCOc1ccc2oc(C(=O)N/N=C/c3cc(C)n(-c4ccc(OCc5ccc(Br)cc5)cc4)c3C)cc2c1. The number of carbonyl (C=O) groups is 1. The van der Waals surface area contributed by atoms with Gasteiger partial charge in [-0.05, 0) is 93.1 Å². The first-order chi connectivity index (χ1) is 18.9. The van der Waals surface area contributed by atoms with Crippen LogP contribution in [0.1, 0.15) is 40.0 Å². The van der Waals surface area contributed by atoms with Crippen molar-refractivity contribution in [2.45, 2.75) is 27.4 Å². The van der Waals surface area contributed by atoms with Crippen molar-refractivity contribution in [2.75, 3.05) is 6.61 Å². The first kappa shape index (κ1) is 26.3. The molecule has 1 N–H and O–H groups in total. The summed E-state index contributed by atoms with van der Waals surface area (Å²) in [6.07, 6.45) is 1.64. The number of hydrogen-bond donors (Lipinski definition) is 1. The molecule has 0 unspecified atom stereocenters. The van der Waals surface area contributed by atoms with E-state index >= 15 is 0 Å². The van der Waals surface area contributed by atoms with Gasteiger partial charge in [0, 0.05) is 32.5 Å². The van der Waals surface area contributed by atoms with Crippen molar-refractivity contribution in [1.82, 2.24) is 9.99 Å². The summed E-state index contributed by atoms with van der Waals surface area (Å²) >= 11 is 3.45. The number of fused-ring (bicyclic) bond motifs is 1. The number of rotatable bonds is 9. The molecule has 0 aliphatic heterocycles. The van der Waals surface area contributed by atoms with Crippen LogP contribution in [0.4, 0.5) is 0 Å². The quantitative estimate of drug-likeness (QED) is 0.145. The molecule has 5 aromatic rings. The highest BCUT2D eigenvalue weighted by molar-refractivity contribution is 9.10. The highest BCUT2D eigenvalue weighted by Crippen LogP contribution is 2.25. The van der Waals surface area contributed by atoms with Gasteiger partial charge in [0.1, 0.15) is 23.7 Å². The fourth-order valence-electron chi connectivity index (χ4n) is 4.36. The first-order valence-corrected chi connectivity index (χ1v) is 13.4. The van der Waals surface area contributed by atoms with E-state index in [1.54, 1.807) is 18.3 Å². The van der Waals surface area contributed by atoms with E-state index in [1.165, 1.54) is 0 Å². The molecule has 0 radical (unpaired) electrons. The Morgan fingerprint density at radius 2 is 1.72 bits per heavy atom. The zero-order valence-electron chi connectivity index (χ0n) is 21.9. The summed E-state index contributed by atoms with van der Waals surface area (Å²) in [4.78, 5) is 12.6. The zero-order valence-corrected chi connectivity index (χ0v) is 23.5. The van der Waals surface area contributed by atoms with E-state index in [0.29, 0.717) is 18.8 Å². The minimum atomic E-state index is -0.423. The number of aromatic nitrogens is 1. The van der Waals surface area contributed by atoms with E-state index in [0.717, 1.165) is 49.6 Å². The molecule has 3 aromatic carbocycles. The maximum Gasteiger partial charge on any atom is 0.307 e. The summed E-state index contributed by atoms with van der Waals surface area (Å²) in [5.74, 6) is 1.29. The number of nitrogens with one attached hydrogen (secondary N) is 1. The Balaban J connectivity index is 1.23. The largest absolute Gasteiger partial charge is 0.494 e. The maximum atomic E-state index is 12.6. The van der Waals surface area contributed by atoms with Gasteiger partial charge in [-0.3, -0.25) is 4.79 Å². The summed E-state index contributed by atoms with van der Waals surface area (Å²) in [6, 6.07) is 25.2. The molecule has 0 aliphatic carbocycles. The van der Waals surface area contributed by atoms with E-state index in [2.05, 4.69) is 31.0 Å². The number of amides is 1. The van der Waals surface area contributed by atoms with Crippen LogP contribution in [-0.4, -0.2) is 23.3 Å². The van der Waals surface area contributed by atoms with Crippen LogP contribution in [0.5, 0.6) is 11.5 Å². The summed E-state index contributed by atoms with van der Waals surface area (Å²) in [7, 11) is 0. The molecule has 0 fully saturated rings. The third-order valence-electron chi connectivity index (χ3n) is 6.28. The molecule has 7 nitrogen and oxygen atoms in total. The molecule has 0 saturated heterocycles. The highest BCUT2D eigenvalue weighted by Gasteiger charge is 2.13. The lowest BCUT2D eigenvalue weighted by molar-refractivity contribution is 0.0929. The van der Waals surface area contributed by atoms with E-state index in [9.17, 15) is 4.79 Å². The normalized spacial score (nSPS) is 11.3. The molecule has 0 atom stereocenters. The van der Waals surface area contributed by atoms with Crippen LogP contribution < -0.4 is 14.9 Å². The van der Waals surface area contributed by atoms with Gasteiger partial charge in [-0.2, -0.15) is 5.10 Å². The molecule has 0 saturated carbocycles. The second-order valence-corrected chi connectivity index (χ2v) is 9.93. The van der Waals surface area contributed by atoms with Crippen molar-refractivity contribution < 1.29 is 18.7 Å². The summed E-state index contributed by atoms with van der Waals surface area (Å²) < 4.78 is 20.3.